The first-order valence-electron chi connectivity index (χ1n) is 5.81. The molecule has 0 spiro atoms. The van der Waals surface area contributed by atoms with Crippen molar-refractivity contribution in [3.63, 3.8) is 0 Å². The Hall–Kier alpha value is 1.01. The minimum absolute atomic E-state index is 0.0118. The van der Waals surface area contributed by atoms with Crippen molar-refractivity contribution in [2.45, 2.75) is 71.6 Å². The molecule has 0 aromatic heterocycles. The molecule has 0 aliphatic heterocycles. The van der Waals surface area contributed by atoms with Crippen LogP contribution in [0.3, 0.4) is 0 Å². The molecule has 0 saturated carbocycles. The molecule has 0 aromatic carbocycles. The maximum absolute atomic E-state index is 7.02. The van der Waals surface area contributed by atoms with Gasteiger partial charge in [0.05, 0.1) is 0 Å². The van der Waals surface area contributed by atoms with Crippen molar-refractivity contribution in [1.29, 1.82) is 0 Å². The Balaban J connectivity index is 5.38. The molecule has 0 aromatic rings. The van der Waals surface area contributed by atoms with Crippen LogP contribution in [-0.4, -0.2) is 16.5 Å². The molecule has 0 atom stereocenters. The second kappa shape index (κ2) is 4.35. The van der Waals surface area contributed by atoms with E-state index in [1.165, 1.54) is 0 Å². The molecule has 0 aliphatic carbocycles. The van der Waals surface area contributed by atoms with Gasteiger partial charge in [0.2, 0.25) is 0 Å². The fraction of sp³-hybridized carbons (Fsp3) is 1.00. The quantitative estimate of drug-likeness (QED) is 0.533. The summed E-state index contributed by atoms with van der Waals surface area (Å²) in [7, 11) is 0. The van der Waals surface area contributed by atoms with E-state index >= 15 is 0 Å². The molecule has 0 radical (unpaired) electrons. The van der Waals surface area contributed by atoms with Crippen LogP contribution in [0, 0.1) is 0 Å². The van der Waals surface area contributed by atoms with Crippen molar-refractivity contribution < 1.29 is 0 Å². The van der Waals surface area contributed by atoms with Gasteiger partial charge in [0, 0.05) is 0 Å². The molecule has 0 saturated heterocycles. The fourth-order valence-electron chi connectivity index (χ4n) is 2.11. The van der Waals surface area contributed by atoms with Crippen LogP contribution in [0.2, 0.25) is 0 Å². The van der Waals surface area contributed by atoms with Gasteiger partial charge in [-0.3, -0.25) is 0 Å². The van der Waals surface area contributed by atoms with Crippen molar-refractivity contribution in [3.8, 4) is 0 Å². The summed E-state index contributed by atoms with van der Waals surface area (Å²) in [6.07, 6.45) is 3.25. The molecular formula is C12H27Cl2P. The van der Waals surface area contributed by atoms with E-state index in [0.29, 0.717) is 0 Å². The van der Waals surface area contributed by atoms with Crippen LogP contribution >= 0.6 is 27.8 Å². The van der Waals surface area contributed by atoms with Crippen LogP contribution in [0.1, 0.15) is 61.3 Å². The normalized spacial score (nSPS) is 17.3. The number of hydrogen-bond donors (Lipinski definition) is 0. The molecule has 94 valence electrons. The van der Waals surface area contributed by atoms with E-state index < -0.39 is 5.31 Å². The standard InChI is InChI=1S/C12H27Cl2P/c1-8-9-10-15(13,14,11(2,3)4)12(5,6)7/h8-10H2,1-7H3. The first-order chi connectivity index (χ1) is 6.36. The van der Waals surface area contributed by atoms with Crippen molar-refractivity contribution in [1.82, 2.24) is 0 Å². The zero-order valence-electron chi connectivity index (χ0n) is 11.3. The van der Waals surface area contributed by atoms with Gasteiger partial charge in [-0.1, -0.05) is 0 Å². The van der Waals surface area contributed by atoms with Gasteiger partial charge in [-0.25, -0.2) is 0 Å². The van der Waals surface area contributed by atoms with Crippen LogP contribution in [0.15, 0.2) is 0 Å². The molecule has 0 amide bonds. The summed E-state index contributed by atoms with van der Waals surface area (Å²) < 4.78 is 0. The molecule has 0 bridgehead atoms. The molecule has 3 heteroatoms. The Morgan fingerprint density at radius 3 is 1.40 bits per heavy atom. The van der Waals surface area contributed by atoms with Gasteiger partial charge in [0.1, 0.15) is 0 Å². The molecule has 0 heterocycles. The second-order valence-corrected chi connectivity index (χ2v) is 16.8. The molecule has 0 aliphatic rings. The van der Waals surface area contributed by atoms with Gasteiger partial charge >= 0.3 is 106 Å². The zero-order valence-corrected chi connectivity index (χ0v) is 13.7. The van der Waals surface area contributed by atoms with Gasteiger partial charge in [0.15, 0.2) is 0 Å². The molecule has 0 fully saturated rings. The average molecular weight is 273 g/mol. The van der Waals surface area contributed by atoms with Crippen LogP contribution in [0.4, 0.5) is 0 Å². The van der Waals surface area contributed by atoms with Crippen LogP contribution in [-0.2, 0) is 0 Å². The number of rotatable bonds is 3. The maximum atomic E-state index is 7.02. The van der Waals surface area contributed by atoms with Gasteiger partial charge in [-0.05, 0) is 0 Å². The van der Waals surface area contributed by atoms with E-state index in [1.54, 1.807) is 0 Å². The number of hydrogen-bond acceptors (Lipinski definition) is 0. The first-order valence-corrected chi connectivity index (χ1v) is 10.0. The molecule has 0 nitrogen and oxygen atoms in total. The Bertz CT molecular complexity index is 203. The summed E-state index contributed by atoms with van der Waals surface area (Å²) in [6, 6.07) is 0. The number of halogens is 2. The van der Waals surface area contributed by atoms with E-state index in [1.807, 2.05) is 0 Å². The van der Waals surface area contributed by atoms with Crippen LogP contribution in [0.25, 0.3) is 0 Å². The summed E-state index contributed by atoms with van der Waals surface area (Å²) in [5, 5.41) is -2.74. The Morgan fingerprint density at radius 1 is 0.867 bits per heavy atom. The number of unbranched alkanes of at least 4 members (excludes halogenated alkanes) is 1. The SMILES string of the molecule is CCCCP(Cl)(Cl)(C(C)(C)C)C(C)(C)C. The van der Waals surface area contributed by atoms with Gasteiger partial charge in [-0.2, -0.15) is 0 Å². The molecule has 0 unspecified atom stereocenters. The fourth-order valence-corrected chi connectivity index (χ4v) is 7.06. The van der Waals surface area contributed by atoms with Crippen molar-refractivity contribution in [2.75, 3.05) is 6.16 Å². The zero-order chi connectivity index (χ0) is 12.6. The van der Waals surface area contributed by atoms with Gasteiger partial charge < -0.3 is 0 Å². The van der Waals surface area contributed by atoms with E-state index in [-0.39, 0.29) is 10.3 Å². The molecule has 15 heavy (non-hydrogen) atoms. The van der Waals surface area contributed by atoms with Gasteiger partial charge in [-0.15, -0.1) is 0 Å². The third-order valence-corrected chi connectivity index (χ3v) is 17.0. The third kappa shape index (κ3) is 2.64. The second-order valence-electron chi connectivity index (χ2n) is 6.49. The van der Waals surface area contributed by atoms with E-state index in [2.05, 4.69) is 48.5 Å². The van der Waals surface area contributed by atoms with Crippen molar-refractivity contribution in [3.05, 3.63) is 0 Å². The van der Waals surface area contributed by atoms with Crippen LogP contribution in [0.5, 0.6) is 0 Å². The Kier molecular flexibility index (Phi) is 4.65. The molecule has 0 N–H and O–H groups in total. The summed E-state index contributed by atoms with van der Waals surface area (Å²) in [6.45, 7) is 15.3. The topological polar surface area (TPSA) is 0 Å². The Morgan fingerprint density at radius 2 is 1.20 bits per heavy atom. The first kappa shape index (κ1) is 16.0. The molecular weight excluding hydrogens is 246 g/mol. The van der Waals surface area contributed by atoms with E-state index in [4.69, 9.17) is 22.5 Å². The predicted octanol–water partition coefficient (Wildman–Crippen LogP) is 6.24. The minimum atomic E-state index is -2.71. The summed E-state index contributed by atoms with van der Waals surface area (Å²) >= 11 is 14.0. The van der Waals surface area contributed by atoms with E-state index in [9.17, 15) is 0 Å². The molecule has 0 rings (SSSR count). The average Bonchev–Trinajstić information content (AvgIpc) is 1.97. The van der Waals surface area contributed by atoms with Crippen molar-refractivity contribution in [2.24, 2.45) is 0 Å². The Labute approximate surface area is 106 Å². The summed E-state index contributed by atoms with van der Waals surface area (Å²) in [5.74, 6) is 0. The summed E-state index contributed by atoms with van der Waals surface area (Å²) in [4.78, 5) is 0. The summed E-state index contributed by atoms with van der Waals surface area (Å²) in [5.41, 5.74) is 0. The predicted molar refractivity (Wildman–Crippen MR) is 77.9 cm³/mol. The monoisotopic (exact) mass is 272 g/mol. The third-order valence-electron chi connectivity index (χ3n) is 3.54. The van der Waals surface area contributed by atoms with Gasteiger partial charge in [0.25, 0.3) is 0 Å². The van der Waals surface area contributed by atoms with Crippen molar-refractivity contribution >= 4 is 27.8 Å². The van der Waals surface area contributed by atoms with E-state index in [0.717, 1.165) is 19.0 Å². The van der Waals surface area contributed by atoms with Crippen LogP contribution < -0.4 is 0 Å².